The van der Waals surface area contributed by atoms with Gasteiger partial charge in [-0.25, -0.2) is 0 Å². The summed E-state index contributed by atoms with van der Waals surface area (Å²) in [5.41, 5.74) is 2.95. The molecule has 0 saturated carbocycles. The van der Waals surface area contributed by atoms with E-state index in [1.807, 2.05) is 0 Å². The highest BCUT2D eigenvalue weighted by atomic mass is 16.5. The smallest absolute Gasteiger partial charge is 0.119 e. The monoisotopic (exact) mass is 260 g/mol. The van der Waals surface area contributed by atoms with Crippen LogP contribution in [0.2, 0.25) is 0 Å². The largest absolute Gasteiger partial charge is 0.497 e. The number of fused-ring (bicyclic) bond motifs is 1. The van der Waals surface area contributed by atoms with Gasteiger partial charge in [0.25, 0.3) is 0 Å². The van der Waals surface area contributed by atoms with Gasteiger partial charge in [0, 0.05) is 18.6 Å². The Hall–Kier alpha value is -1.06. The maximum Gasteiger partial charge on any atom is 0.119 e. The van der Waals surface area contributed by atoms with Crippen LogP contribution < -0.4 is 10.1 Å². The van der Waals surface area contributed by atoms with E-state index < -0.39 is 0 Å². The maximum atomic E-state index is 5.34. The minimum atomic E-state index is 0.533. The van der Waals surface area contributed by atoms with Crippen LogP contribution in [0.1, 0.15) is 36.4 Å². The van der Waals surface area contributed by atoms with E-state index in [0.717, 1.165) is 5.75 Å². The van der Waals surface area contributed by atoms with E-state index in [4.69, 9.17) is 4.74 Å². The Labute approximate surface area is 115 Å². The first-order valence-corrected chi connectivity index (χ1v) is 7.37. The molecule has 104 valence electrons. The molecular formula is C16H24N2O. The fourth-order valence-electron chi connectivity index (χ4n) is 3.45. The molecule has 2 unspecified atom stereocenters. The molecule has 0 bridgehead atoms. The summed E-state index contributed by atoms with van der Waals surface area (Å²) in [6, 6.07) is 7.75. The topological polar surface area (TPSA) is 24.5 Å². The third kappa shape index (κ3) is 2.77. The Bertz CT molecular complexity index is 446. The highest BCUT2D eigenvalue weighted by Crippen LogP contribution is 2.32. The van der Waals surface area contributed by atoms with Crippen molar-refractivity contribution in [1.29, 1.82) is 0 Å². The van der Waals surface area contributed by atoms with Gasteiger partial charge in [0.2, 0.25) is 0 Å². The first-order chi connectivity index (χ1) is 9.26. The lowest BCUT2D eigenvalue weighted by Crippen LogP contribution is -2.36. The van der Waals surface area contributed by atoms with E-state index in [2.05, 4.69) is 35.5 Å². The van der Waals surface area contributed by atoms with Gasteiger partial charge in [-0.2, -0.15) is 0 Å². The Morgan fingerprint density at radius 3 is 2.95 bits per heavy atom. The van der Waals surface area contributed by atoms with E-state index in [0.29, 0.717) is 12.1 Å². The third-order valence-electron chi connectivity index (χ3n) is 4.49. The van der Waals surface area contributed by atoms with E-state index in [9.17, 15) is 0 Å². The van der Waals surface area contributed by atoms with Crippen LogP contribution in [0.3, 0.4) is 0 Å². The number of likely N-dealkylation sites (N-methyl/N-ethyl adjacent to an activating group) is 1. The highest BCUT2D eigenvalue weighted by Gasteiger charge is 2.26. The number of hydrogen-bond donors (Lipinski definition) is 1. The molecule has 1 saturated heterocycles. The average Bonchev–Trinajstić information content (AvgIpc) is 2.84. The van der Waals surface area contributed by atoms with Gasteiger partial charge in [-0.1, -0.05) is 6.07 Å². The number of aryl methyl sites for hydroxylation is 1. The minimum absolute atomic E-state index is 0.533. The molecule has 3 nitrogen and oxygen atoms in total. The lowest BCUT2D eigenvalue weighted by molar-refractivity contribution is 0.365. The fourth-order valence-corrected chi connectivity index (χ4v) is 3.45. The van der Waals surface area contributed by atoms with Crippen molar-refractivity contribution in [2.45, 2.75) is 37.8 Å². The van der Waals surface area contributed by atoms with Crippen LogP contribution in [0.4, 0.5) is 0 Å². The van der Waals surface area contributed by atoms with Crippen molar-refractivity contribution in [3.8, 4) is 5.75 Å². The zero-order chi connectivity index (χ0) is 13.2. The normalized spacial score (nSPS) is 27.3. The van der Waals surface area contributed by atoms with Crippen molar-refractivity contribution in [3.05, 3.63) is 29.3 Å². The van der Waals surface area contributed by atoms with Gasteiger partial charge >= 0.3 is 0 Å². The Morgan fingerprint density at radius 2 is 2.21 bits per heavy atom. The summed E-state index contributed by atoms with van der Waals surface area (Å²) >= 11 is 0. The molecule has 19 heavy (non-hydrogen) atoms. The average molecular weight is 260 g/mol. The predicted molar refractivity (Wildman–Crippen MR) is 77.7 cm³/mol. The van der Waals surface area contributed by atoms with Crippen molar-refractivity contribution in [1.82, 2.24) is 10.2 Å². The first-order valence-electron chi connectivity index (χ1n) is 7.37. The van der Waals surface area contributed by atoms with Crippen molar-refractivity contribution in [2.75, 3.05) is 27.2 Å². The molecule has 1 aliphatic heterocycles. The lowest BCUT2D eigenvalue weighted by Gasteiger charge is -2.29. The summed E-state index contributed by atoms with van der Waals surface area (Å²) in [6.07, 6.45) is 5.01. The zero-order valence-electron chi connectivity index (χ0n) is 12.0. The zero-order valence-corrected chi connectivity index (χ0v) is 12.0. The number of hydrogen-bond acceptors (Lipinski definition) is 3. The molecule has 0 aromatic heterocycles. The Balaban J connectivity index is 1.74. The van der Waals surface area contributed by atoms with Crippen LogP contribution in [0.5, 0.6) is 5.75 Å². The van der Waals surface area contributed by atoms with E-state index in [1.165, 1.54) is 49.9 Å². The van der Waals surface area contributed by atoms with Crippen molar-refractivity contribution in [2.24, 2.45) is 0 Å². The molecule has 2 aliphatic rings. The molecule has 3 rings (SSSR count). The summed E-state index contributed by atoms with van der Waals surface area (Å²) in [4.78, 5) is 2.41. The summed E-state index contributed by atoms with van der Waals surface area (Å²) in [5.74, 6) is 0.986. The van der Waals surface area contributed by atoms with Gasteiger partial charge in [0.15, 0.2) is 0 Å². The molecule has 0 radical (unpaired) electrons. The van der Waals surface area contributed by atoms with Crippen molar-refractivity contribution < 1.29 is 4.74 Å². The van der Waals surface area contributed by atoms with Gasteiger partial charge in [0.1, 0.15) is 5.75 Å². The quantitative estimate of drug-likeness (QED) is 0.903. The second-order valence-corrected chi connectivity index (χ2v) is 5.92. The van der Waals surface area contributed by atoms with Crippen LogP contribution in [0, 0.1) is 0 Å². The Morgan fingerprint density at radius 1 is 1.32 bits per heavy atom. The van der Waals surface area contributed by atoms with Crippen LogP contribution in [0.15, 0.2) is 18.2 Å². The SMILES string of the molecule is COc1ccc2c(c1)CCCC2NC1CCN(C)C1. The number of benzene rings is 1. The van der Waals surface area contributed by atoms with Gasteiger partial charge in [-0.05, 0) is 62.5 Å². The van der Waals surface area contributed by atoms with Crippen LogP contribution >= 0.6 is 0 Å². The maximum absolute atomic E-state index is 5.34. The summed E-state index contributed by atoms with van der Waals surface area (Å²) in [7, 11) is 3.95. The van der Waals surface area contributed by atoms with E-state index in [1.54, 1.807) is 7.11 Å². The van der Waals surface area contributed by atoms with Crippen LogP contribution in [-0.4, -0.2) is 38.2 Å². The molecule has 1 N–H and O–H groups in total. The second-order valence-electron chi connectivity index (χ2n) is 5.92. The first kappa shape index (κ1) is 12.9. The van der Waals surface area contributed by atoms with Crippen molar-refractivity contribution in [3.63, 3.8) is 0 Å². The highest BCUT2D eigenvalue weighted by molar-refractivity contribution is 5.39. The van der Waals surface area contributed by atoms with Crippen LogP contribution in [-0.2, 0) is 6.42 Å². The van der Waals surface area contributed by atoms with Gasteiger partial charge < -0.3 is 15.0 Å². The summed E-state index contributed by atoms with van der Waals surface area (Å²) < 4.78 is 5.34. The molecule has 1 aliphatic carbocycles. The molecule has 3 heteroatoms. The van der Waals surface area contributed by atoms with Gasteiger partial charge in [0.05, 0.1) is 7.11 Å². The molecule has 0 amide bonds. The molecule has 0 spiro atoms. The molecule has 1 aromatic rings. The number of methoxy groups -OCH3 is 1. The van der Waals surface area contributed by atoms with Gasteiger partial charge in [-0.3, -0.25) is 0 Å². The second kappa shape index (κ2) is 5.51. The number of nitrogens with one attached hydrogen (secondary N) is 1. The molecule has 1 fully saturated rings. The molecular weight excluding hydrogens is 236 g/mol. The standard InChI is InChI=1S/C16H24N2O/c1-18-9-8-13(11-18)17-16-5-3-4-12-10-14(19-2)6-7-15(12)16/h6-7,10,13,16-17H,3-5,8-9,11H2,1-2H3. The Kier molecular flexibility index (Phi) is 3.76. The number of likely N-dealkylation sites (tertiary alicyclic amines) is 1. The summed E-state index contributed by atoms with van der Waals surface area (Å²) in [6.45, 7) is 2.40. The van der Waals surface area contributed by atoms with Crippen LogP contribution in [0.25, 0.3) is 0 Å². The molecule has 1 aromatic carbocycles. The summed E-state index contributed by atoms with van der Waals surface area (Å²) in [5, 5.41) is 3.86. The van der Waals surface area contributed by atoms with E-state index >= 15 is 0 Å². The molecule has 2 atom stereocenters. The molecule has 1 heterocycles. The fraction of sp³-hybridized carbons (Fsp3) is 0.625. The van der Waals surface area contributed by atoms with Crippen molar-refractivity contribution >= 4 is 0 Å². The number of ether oxygens (including phenoxy) is 1. The predicted octanol–water partition coefficient (Wildman–Crippen LogP) is 2.37. The number of rotatable bonds is 3. The third-order valence-corrected chi connectivity index (χ3v) is 4.49. The number of nitrogens with zero attached hydrogens (tertiary/aromatic N) is 1. The van der Waals surface area contributed by atoms with E-state index in [-0.39, 0.29) is 0 Å². The lowest BCUT2D eigenvalue weighted by atomic mass is 9.87. The minimum Gasteiger partial charge on any atom is -0.497 e. The van der Waals surface area contributed by atoms with Gasteiger partial charge in [-0.15, -0.1) is 0 Å².